The minimum atomic E-state index is -0.178. The summed E-state index contributed by atoms with van der Waals surface area (Å²) in [5.74, 6) is 0.367. The van der Waals surface area contributed by atoms with Gasteiger partial charge in [0.1, 0.15) is 6.61 Å². The highest BCUT2D eigenvalue weighted by atomic mass is 16.5. The zero-order chi connectivity index (χ0) is 15.0. The van der Waals surface area contributed by atoms with Crippen molar-refractivity contribution in [3.63, 3.8) is 0 Å². The maximum atomic E-state index is 11.6. The van der Waals surface area contributed by atoms with Crippen LogP contribution in [0.2, 0.25) is 0 Å². The molecule has 0 saturated carbocycles. The van der Waals surface area contributed by atoms with Crippen LogP contribution < -0.4 is 10.1 Å². The number of carbonyl (C=O) groups excluding carboxylic acids is 1. The van der Waals surface area contributed by atoms with E-state index in [4.69, 9.17) is 14.2 Å². The Kier molecular flexibility index (Phi) is 6.97. The maximum Gasteiger partial charge on any atom is 0.246 e. The third-order valence-corrected chi connectivity index (χ3v) is 2.76. The van der Waals surface area contributed by atoms with E-state index in [9.17, 15) is 4.79 Å². The molecule has 1 aromatic heterocycles. The highest BCUT2D eigenvalue weighted by molar-refractivity contribution is 5.77. The summed E-state index contributed by atoms with van der Waals surface area (Å²) in [5.41, 5.74) is 2.80. The first-order valence-corrected chi connectivity index (χ1v) is 6.43. The molecule has 0 aliphatic rings. The van der Waals surface area contributed by atoms with Crippen molar-refractivity contribution in [1.82, 2.24) is 10.3 Å². The molecule has 0 spiro atoms. The summed E-state index contributed by atoms with van der Waals surface area (Å²) in [6.07, 6.45) is 0. The van der Waals surface area contributed by atoms with Gasteiger partial charge in [-0.15, -0.1) is 0 Å². The monoisotopic (exact) mass is 282 g/mol. The first-order chi connectivity index (χ1) is 9.58. The van der Waals surface area contributed by atoms with Crippen molar-refractivity contribution in [2.24, 2.45) is 0 Å². The minimum absolute atomic E-state index is 0.0179. The van der Waals surface area contributed by atoms with Crippen molar-refractivity contribution in [2.45, 2.75) is 20.4 Å². The summed E-state index contributed by atoms with van der Waals surface area (Å²) < 4.78 is 15.2. The van der Waals surface area contributed by atoms with Gasteiger partial charge in [0.05, 0.1) is 20.3 Å². The van der Waals surface area contributed by atoms with Crippen molar-refractivity contribution in [2.75, 3.05) is 34.0 Å². The molecule has 0 radical (unpaired) electrons. The van der Waals surface area contributed by atoms with E-state index in [2.05, 4.69) is 10.3 Å². The molecular formula is C14H22N2O4. The fourth-order valence-electron chi connectivity index (χ4n) is 1.76. The molecule has 1 heterocycles. The lowest BCUT2D eigenvalue weighted by Crippen LogP contribution is -2.28. The Hall–Kier alpha value is -1.66. The fourth-order valence-corrected chi connectivity index (χ4v) is 1.76. The van der Waals surface area contributed by atoms with Crippen molar-refractivity contribution in [3.8, 4) is 5.88 Å². The summed E-state index contributed by atoms with van der Waals surface area (Å²) in [6.45, 7) is 5.13. The minimum Gasteiger partial charge on any atom is -0.481 e. The molecule has 6 nitrogen and oxygen atoms in total. The van der Waals surface area contributed by atoms with E-state index in [0.29, 0.717) is 25.6 Å². The van der Waals surface area contributed by atoms with E-state index in [1.54, 1.807) is 14.2 Å². The molecular weight excluding hydrogens is 260 g/mol. The van der Waals surface area contributed by atoms with Crippen LogP contribution in [0, 0.1) is 13.8 Å². The van der Waals surface area contributed by atoms with E-state index in [-0.39, 0.29) is 12.5 Å². The Morgan fingerprint density at radius 3 is 2.70 bits per heavy atom. The second-order valence-electron chi connectivity index (χ2n) is 4.39. The van der Waals surface area contributed by atoms with Crippen LogP contribution in [0.5, 0.6) is 5.88 Å². The molecule has 0 atom stereocenters. The average Bonchev–Trinajstić information content (AvgIpc) is 2.41. The van der Waals surface area contributed by atoms with Crippen LogP contribution in [0.15, 0.2) is 6.07 Å². The number of hydrogen-bond donors (Lipinski definition) is 1. The predicted octanol–water partition coefficient (Wildman–Crippen LogP) is 0.986. The number of pyridine rings is 1. The van der Waals surface area contributed by atoms with E-state index in [1.165, 1.54) is 0 Å². The Morgan fingerprint density at radius 1 is 1.30 bits per heavy atom. The topological polar surface area (TPSA) is 69.7 Å². The summed E-state index contributed by atoms with van der Waals surface area (Å²) in [6, 6.07) is 1.96. The van der Waals surface area contributed by atoms with Crippen molar-refractivity contribution < 1.29 is 19.0 Å². The molecule has 1 rings (SSSR count). The van der Waals surface area contributed by atoms with Crippen LogP contribution in [-0.4, -0.2) is 44.9 Å². The summed E-state index contributed by atoms with van der Waals surface area (Å²) in [5, 5.41) is 2.79. The van der Waals surface area contributed by atoms with Gasteiger partial charge in [-0.2, -0.15) is 0 Å². The van der Waals surface area contributed by atoms with Gasteiger partial charge in [-0.3, -0.25) is 4.79 Å². The summed E-state index contributed by atoms with van der Waals surface area (Å²) in [4.78, 5) is 15.9. The zero-order valence-electron chi connectivity index (χ0n) is 12.5. The van der Waals surface area contributed by atoms with Crippen molar-refractivity contribution in [3.05, 3.63) is 22.9 Å². The number of carbonyl (C=O) groups is 1. The van der Waals surface area contributed by atoms with Gasteiger partial charge in [0.2, 0.25) is 11.8 Å². The number of nitrogens with one attached hydrogen (secondary N) is 1. The third kappa shape index (κ3) is 5.14. The standard InChI is InChI=1S/C14H22N2O4/c1-10-7-11(2)16-14(19-4)12(10)8-15-13(17)9-20-6-5-18-3/h7H,5-6,8-9H2,1-4H3,(H,15,17). The van der Waals surface area contributed by atoms with Crippen LogP contribution in [0.4, 0.5) is 0 Å². The second kappa shape index (κ2) is 8.50. The number of aryl methyl sites for hydroxylation is 2. The first-order valence-electron chi connectivity index (χ1n) is 6.43. The Bertz CT molecular complexity index is 449. The molecule has 0 saturated heterocycles. The SMILES string of the molecule is COCCOCC(=O)NCc1c(C)cc(C)nc1OC. The van der Waals surface area contributed by atoms with Gasteiger partial charge >= 0.3 is 0 Å². The Morgan fingerprint density at radius 2 is 2.05 bits per heavy atom. The van der Waals surface area contributed by atoms with Crippen LogP contribution in [0.3, 0.4) is 0 Å². The van der Waals surface area contributed by atoms with Crippen LogP contribution in [0.25, 0.3) is 0 Å². The quantitative estimate of drug-likeness (QED) is 0.720. The fraction of sp³-hybridized carbons (Fsp3) is 0.571. The number of amides is 1. The molecule has 0 aromatic carbocycles. The number of nitrogens with zero attached hydrogens (tertiary/aromatic N) is 1. The normalized spacial score (nSPS) is 10.4. The lowest BCUT2D eigenvalue weighted by Gasteiger charge is -2.12. The number of methoxy groups -OCH3 is 2. The number of hydrogen-bond acceptors (Lipinski definition) is 5. The Labute approximate surface area is 119 Å². The van der Waals surface area contributed by atoms with E-state index in [0.717, 1.165) is 16.8 Å². The van der Waals surface area contributed by atoms with Crippen LogP contribution in [0.1, 0.15) is 16.8 Å². The predicted molar refractivity (Wildman–Crippen MR) is 74.8 cm³/mol. The van der Waals surface area contributed by atoms with Gasteiger partial charge in [0, 0.05) is 24.9 Å². The molecule has 0 aliphatic carbocycles. The molecule has 6 heteroatoms. The number of ether oxygens (including phenoxy) is 3. The first kappa shape index (κ1) is 16.4. The molecule has 0 fully saturated rings. The second-order valence-corrected chi connectivity index (χ2v) is 4.39. The molecule has 112 valence electrons. The molecule has 0 bridgehead atoms. The highest BCUT2D eigenvalue weighted by Crippen LogP contribution is 2.20. The third-order valence-electron chi connectivity index (χ3n) is 2.76. The molecule has 0 aliphatic heterocycles. The highest BCUT2D eigenvalue weighted by Gasteiger charge is 2.10. The van der Waals surface area contributed by atoms with Crippen LogP contribution in [-0.2, 0) is 20.8 Å². The molecule has 1 N–H and O–H groups in total. The van der Waals surface area contributed by atoms with Crippen molar-refractivity contribution >= 4 is 5.91 Å². The summed E-state index contributed by atoms with van der Waals surface area (Å²) >= 11 is 0. The van der Waals surface area contributed by atoms with E-state index >= 15 is 0 Å². The molecule has 1 aromatic rings. The zero-order valence-corrected chi connectivity index (χ0v) is 12.5. The number of aromatic nitrogens is 1. The lowest BCUT2D eigenvalue weighted by atomic mass is 10.1. The van der Waals surface area contributed by atoms with Gasteiger partial charge in [-0.25, -0.2) is 4.98 Å². The van der Waals surface area contributed by atoms with Gasteiger partial charge in [-0.05, 0) is 25.5 Å². The summed E-state index contributed by atoms with van der Waals surface area (Å²) in [7, 11) is 3.16. The lowest BCUT2D eigenvalue weighted by molar-refractivity contribution is -0.126. The molecule has 20 heavy (non-hydrogen) atoms. The van der Waals surface area contributed by atoms with Gasteiger partial charge in [0.15, 0.2) is 0 Å². The molecule has 0 unspecified atom stereocenters. The van der Waals surface area contributed by atoms with Gasteiger partial charge in [0.25, 0.3) is 0 Å². The van der Waals surface area contributed by atoms with Gasteiger partial charge in [-0.1, -0.05) is 0 Å². The largest absolute Gasteiger partial charge is 0.481 e. The number of rotatable bonds is 8. The van der Waals surface area contributed by atoms with Crippen LogP contribution >= 0.6 is 0 Å². The Balaban J connectivity index is 2.51. The van der Waals surface area contributed by atoms with Crippen molar-refractivity contribution in [1.29, 1.82) is 0 Å². The van der Waals surface area contributed by atoms with E-state index < -0.39 is 0 Å². The maximum absolute atomic E-state index is 11.6. The average molecular weight is 282 g/mol. The molecule has 1 amide bonds. The van der Waals surface area contributed by atoms with E-state index in [1.807, 2.05) is 19.9 Å². The smallest absolute Gasteiger partial charge is 0.246 e. The van der Waals surface area contributed by atoms with Gasteiger partial charge < -0.3 is 19.5 Å².